The minimum Gasteiger partial charge on any atom is -0.481 e. The summed E-state index contributed by atoms with van der Waals surface area (Å²) in [5, 5.41) is 18.1. The van der Waals surface area contributed by atoms with E-state index in [-0.39, 0.29) is 12.6 Å². The molecule has 1 saturated carbocycles. The van der Waals surface area contributed by atoms with Gasteiger partial charge in [-0.3, -0.25) is 4.79 Å². The van der Waals surface area contributed by atoms with Crippen LogP contribution in [0.5, 0.6) is 0 Å². The van der Waals surface area contributed by atoms with Gasteiger partial charge in [0.25, 0.3) is 0 Å². The van der Waals surface area contributed by atoms with Gasteiger partial charge < -0.3 is 20.3 Å². The molecular formula is C12H17N3O4. The van der Waals surface area contributed by atoms with Gasteiger partial charge in [0.1, 0.15) is 0 Å². The summed E-state index contributed by atoms with van der Waals surface area (Å²) in [6, 6.07) is 0.910. The van der Waals surface area contributed by atoms with Crippen LogP contribution in [-0.4, -0.2) is 28.3 Å². The van der Waals surface area contributed by atoms with Crippen LogP contribution in [0.25, 0.3) is 0 Å². The molecule has 0 aliphatic heterocycles. The molecule has 7 heteroatoms. The van der Waals surface area contributed by atoms with Crippen molar-refractivity contribution in [1.29, 1.82) is 0 Å². The lowest BCUT2D eigenvalue weighted by atomic mass is 9.85. The molecular weight excluding hydrogens is 250 g/mol. The van der Waals surface area contributed by atoms with E-state index in [2.05, 4.69) is 15.8 Å². The Balaban J connectivity index is 1.86. The maximum atomic E-state index is 11.7. The summed E-state index contributed by atoms with van der Waals surface area (Å²) >= 11 is 0. The van der Waals surface area contributed by atoms with Crippen LogP contribution in [0.3, 0.4) is 0 Å². The number of hydrogen-bond acceptors (Lipinski definition) is 4. The molecule has 104 valence electrons. The standard InChI is InChI=1S/C12H17N3O4/c1-12(10(16)17)5-2-3-9(12)15-11(18)13-7-8-4-6-14-19-8/h4,6,9H,2-3,5,7H2,1H3,(H,16,17)(H2,13,15,18). The van der Waals surface area contributed by atoms with Crippen molar-refractivity contribution >= 4 is 12.0 Å². The van der Waals surface area contributed by atoms with E-state index in [1.165, 1.54) is 6.20 Å². The second kappa shape index (κ2) is 5.29. The van der Waals surface area contributed by atoms with Crippen LogP contribution in [0.2, 0.25) is 0 Å². The Labute approximate surface area is 110 Å². The highest BCUT2D eigenvalue weighted by Gasteiger charge is 2.45. The number of rotatable bonds is 4. The van der Waals surface area contributed by atoms with Crippen molar-refractivity contribution in [2.75, 3.05) is 0 Å². The number of carboxylic acids is 1. The molecule has 2 rings (SSSR count). The molecule has 1 aliphatic rings. The van der Waals surface area contributed by atoms with Crippen LogP contribution in [0.15, 0.2) is 16.8 Å². The summed E-state index contributed by atoms with van der Waals surface area (Å²) in [5.41, 5.74) is -0.885. The molecule has 0 aromatic carbocycles. The van der Waals surface area contributed by atoms with Crippen LogP contribution < -0.4 is 10.6 Å². The first kappa shape index (κ1) is 13.4. The average molecular weight is 267 g/mol. The fraction of sp³-hybridized carbons (Fsp3) is 0.583. The number of hydrogen-bond donors (Lipinski definition) is 3. The average Bonchev–Trinajstić information content (AvgIpc) is 2.98. The molecule has 0 radical (unpaired) electrons. The molecule has 2 unspecified atom stereocenters. The number of nitrogens with zero attached hydrogens (tertiary/aromatic N) is 1. The first-order valence-corrected chi connectivity index (χ1v) is 6.20. The number of nitrogens with one attached hydrogen (secondary N) is 2. The molecule has 2 atom stereocenters. The van der Waals surface area contributed by atoms with Crippen molar-refractivity contribution in [1.82, 2.24) is 15.8 Å². The van der Waals surface area contributed by atoms with E-state index in [0.717, 1.165) is 6.42 Å². The second-order valence-corrected chi connectivity index (χ2v) is 4.97. The molecule has 1 heterocycles. The predicted octanol–water partition coefficient (Wildman–Crippen LogP) is 1.12. The minimum absolute atomic E-state index is 0.225. The fourth-order valence-electron chi connectivity index (χ4n) is 2.36. The van der Waals surface area contributed by atoms with Gasteiger partial charge in [-0.25, -0.2) is 4.79 Å². The Hall–Kier alpha value is -2.05. The third-order valence-electron chi connectivity index (χ3n) is 3.67. The van der Waals surface area contributed by atoms with Crippen molar-refractivity contribution in [3.8, 4) is 0 Å². The van der Waals surface area contributed by atoms with Gasteiger partial charge in [-0.15, -0.1) is 0 Å². The third kappa shape index (κ3) is 2.86. The molecule has 1 aromatic rings. The zero-order chi connectivity index (χ0) is 13.9. The summed E-state index contributed by atoms with van der Waals surface area (Å²) < 4.78 is 4.85. The van der Waals surface area contributed by atoms with E-state index in [0.29, 0.717) is 18.6 Å². The first-order chi connectivity index (χ1) is 9.02. The lowest BCUT2D eigenvalue weighted by Gasteiger charge is -2.27. The van der Waals surface area contributed by atoms with E-state index < -0.39 is 17.4 Å². The third-order valence-corrected chi connectivity index (χ3v) is 3.67. The fourth-order valence-corrected chi connectivity index (χ4v) is 2.36. The molecule has 1 aromatic heterocycles. The Morgan fingerprint density at radius 1 is 1.63 bits per heavy atom. The van der Waals surface area contributed by atoms with Gasteiger partial charge >= 0.3 is 12.0 Å². The summed E-state index contributed by atoms with van der Waals surface area (Å²) in [6.45, 7) is 1.89. The molecule has 0 spiro atoms. The van der Waals surface area contributed by atoms with Crippen molar-refractivity contribution in [2.24, 2.45) is 5.41 Å². The van der Waals surface area contributed by atoms with Gasteiger partial charge in [0.15, 0.2) is 5.76 Å². The van der Waals surface area contributed by atoms with Crippen LogP contribution in [0.1, 0.15) is 31.9 Å². The molecule has 7 nitrogen and oxygen atoms in total. The van der Waals surface area contributed by atoms with E-state index in [1.807, 2.05) is 0 Å². The van der Waals surface area contributed by atoms with E-state index >= 15 is 0 Å². The predicted molar refractivity (Wildman–Crippen MR) is 65.3 cm³/mol. The Morgan fingerprint density at radius 2 is 2.42 bits per heavy atom. The minimum atomic E-state index is -0.885. The van der Waals surface area contributed by atoms with Gasteiger partial charge in [-0.2, -0.15) is 0 Å². The number of carbonyl (C=O) groups excluding carboxylic acids is 1. The summed E-state index contributed by atoms with van der Waals surface area (Å²) in [7, 11) is 0. The van der Waals surface area contributed by atoms with Crippen molar-refractivity contribution in [2.45, 2.75) is 38.8 Å². The highest BCUT2D eigenvalue weighted by molar-refractivity contribution is 5.79. The summed E-state index contributed by atoms with van der Waals surface area (Å²) in [5.74, 6) is -0.326. The van der Waals surface area contributed by atoms with Crippen molar-refractivity contribution < 1.29 is 19.2 Å². The lowest BCUT2D eigenvalue weighted by Crippen LogP contribution is -2.50. The number of aliphatic carboxylic acids is 1. The van der Waals surface area contributed by atoms with Crippen LogP contribution >= 0.6 is 0 Å². The number of amides is 2. The van der Waals surface area contributed by atoms with Crippen LogP contribution in [0, 0.1) is 5.41 Å². The normalized spacial score (nSPS) is 26.1. The number of carboxylic acid groups (broad SMARTS) is 1. The molecule has 3 N–H and O–H groups in total. The van der Waals surface area contributed by atoms with Gasteiger partial charge in [0.2, 0.25) is 0 Å². The monoisotopic (exact) mass is 267 g/mol. The highest BCUT2D eigenvalue weighted by atomic mass is 16.5. The Kier molecular flexibility index (Phi) is 3.73. The summed E-state index contributed by atoms with van der Waals surface area (Å²) in [4.78, 5) is 23.0. The van der Waals surface area contributed by atoms with Gasteiger partial charge in [0, 0.05) is 12.1 Å². The van der Waals surface area contributed by atoms with Crippen LogP contribution in [-0.2, 0) is 11.3 Å². The number of aromatic nitrogens is 1. The molecule has 0 saturated heterocycles. The van der Waals surface area contributed by atoms with Gasteiger partial charge in [0.05, 0.1) is 18.2 Å². The molecule has 0 bridgehead atoms. The number of carbonyl (C=O) groups is 2. The maximum absolute atomic E-state index is 11.7. The number of urea groups is 1. The van der Waals surface area contributed by atoms with Crippen molar-refractivity contribution in [3.63, 3.8) is 0 Å². The maximum Gasteiger partial charge on any atom is 0.315 e. The molecule has 19 heavy (non-hydrogen) atoms. The van der Waals surface area contributed by atoms with Crippen molar-refractivity contribution in [3.05, 3.63) is 18.0 Å². The first-order valence-electron chi connectivity index (χ1n) is 6.20. The zero-order valence-electron chi connectivity index (χ0n) is 10.7. The SMILES string of the molecule is CC1(C(=O)O)CCCC1NC(=O)NCc1ccno1. The second-order valence-electron chi connectivity index (χ2n) is 4.97. The van der Waals surface area contributed by atoms with E-state index in [1.54, 1.807) is 13.0 Å². The van der Waals surface area contributed by atoms with Gasteiger partial charge in [-0.05, 0) is 19.8 Å². The van der Waals surface area contributed by atoms with E-state index in [9.17, 15) is 14.7 Å². The zero-order valence-corrected chi connectivity index (χ0v) is 10.7. The summed E-state index contributed by atoms with van der Waals surface area (Å²) in [6.07, 6.45) is 3.55. The van der Waals surface area contributed by atoms with E-state index in [4.69, 9.17) is 4.52 Å². The molecule has 1 fully saturated rings. The highest BCUT2D eigenvalue weighted by Crippen LogP contribution is 2.38. The molecule has 2 amide bonds. The lowest BCUT2D eigenvalue weighted by molar-refractivity contribution is -0.148. The Morgan fingerprint density at radius 3 is 3.05 bits per heavy atom. The topological polar surface area (TPSA) is 104 Å². The quantitative estimate of drug-likeness (QED) is 0.758. The molecule has 1 aliphatic carbocycles. The van der Waals surface area contributed by atoms with Gasteiger partial charge in [-0.1, -0.05) is 11.6 Å². The smallest absolute Gasteiger partial charge is 0.315 e. The Bertz CT molecular complexity index is 460. The largest absolute Gasteiger partial charge is 0.481 e. The van der Waals surface area contributed by atoms with Crippen LogP contribution in [0.4, 0.5) is 4.79 Å².